The number of aryl methyl sites for hydroxylation is 4. The van der Waals surface area contributed by atoms with Crippen molar-refractivity contribution in [2.45, 2.75) is 59.6 Å². The first-order valence-electron chi connectivity index (χ1n) is 11.7. The van der Waals surface area contributed by atoms with E-state index in [4.69, 9.17) is 5.73 Å². The number of nitrogens with two attached hydrogens (primary N) is 1. The summed E-state index contributed by atoms with van der Waals surface area (Å²) < 4.78 is 42.8. The molecule has 0 aromatic heterocycles. The monoisotopic (exact) mass is 492 g/mol. The summed E-state index contributed by atoms with van der Waals surface area (Å²) in [4.78, 5) is 12.9. The van der Waals surface area contributed by atoms with Crippen LogP contribution in [-0.2, 0) is 0 Å². The third-order valence-electron chi connectivity index (χ3n) is 6.44. The van der Waals surface area contributed by atoms with Crippen molar-refractivity contribution in [2.75, 3.05) is 11.1 Å². The topological polar surface area (TPSA) is 55.1 Å². The number of carbonyl (C=O) groups is 1. The van der Waals surface area contributed by atoms with Crippen LogP contribution in [0.3, 0.4) is 0 Å². The first kappa shape index (κ1) is 26.9. The number of nitrogens with one attached hydrogen (secondary N) is 1. The molecular formula is C30H31F3N2O. The van der Waals surface area contributed by atoms with E-state index < -0.39 is 12.1 Å². The number of anilines is 2. The molecule has 0 saturated carbocycles. The average molecular weight is 493 g/mol. The predicted octanol–water partition coefficient (Wildman–Crippen LogP) is 7.58. The largest absolute Gasteiger partial charge is 0.399 e. The van der Waals surface area contributed by atoms with E-state index in [1.807, 2.05) is 19.1 Å². The molecule has 0 aliphatic heterocycles. The van der Waals surface area contributed by atoms with Crippen LogP contribution in [0.4, 0.5) is 24.5 Å². The molecule has 0 radical (unpaired) electrons. The van der Waals surface area contributed by atoms with E-state index in [0.29, 0.717) is 39.2 Å². The highest BCUT2D eigenvalue weighted by Gasteiger charge is 2.42. The lowest BCUT2D eigenvalue weighted by Gasteiger charge is -2.24. The molecule has 0 spiro atoms. The fourth-order valence-electron chi connectivity index (χ4n) is 4.51. The summed E-state index contributed by atoms with van der Waals surface area (Å²) in [7, 11) is 0. The minimum Gasteiger partial charge on any atom is -0.398 e. The van der Waals surface area contributed by atoms with Crippen LogP contribution in [0, 0.1) is 39.5 Å². The lowest BCUT2D eigenvalue weighted by atomic mass is 9.86. The molecule has 2 atom stereocenters. The second kappa shape index (κ2) is 10.5. The summed E-state index contributed by atoms with van der Waals surface area (Å²) in [6.07, 6.45) is -4.50. The first-order valence-corrected chi connectivity index (χ1v) is 11.7. The van der Waals surface area contributed by atoms with Gasteiger partial charge < -0.3 is 11.1 Å². The Morgan fingerprint density at radius 2 is 1.33 bits per heavy atom. The molecule has 2 unspecified atom stereocenters. The molecule has 0 aliphatic rings. The van der Waals surface area contributed by atoms with Crippen LogP contribution < -0.4 is 11.1 Å². The van der Waals surface area contributed by atoms with Gasteiger partial charge in [0.1, 0.15) is 5.92 Å². The number of carbonyl (C=O) groups excluding carboxylic acids is 1. The number of amides is 1. The van der Waals surface area contributed by atoms with Crippen molar-refractivity contribution in [2.24, 2.45) is 0 Å². The standard InChI is InChI=1S/C30H31F3N2O/c1-7-8-17(2)22-9-11-23(12-10-22)29(36)35-28-20(5)15-25(16-21(28)6)26(30(31,32)33)24-13-18(3)27(34)19(4)14-24/h9-17,26H,34H2,1-6H3,(H,35,36). The SMILES string of the molecule is CC#CC(C)c1ccc(C(=O)Nc2c(C)cc(C(c3cc(C)c(N)c(C)c3)C(F)(F)F)cc2C)cc1. The van der Waals surface area contributed by atoms with Crippen LogP contribution in [0.5, 0.6) is 0 Å². The van der Waals surface area contributed by atoms with Gasteiger partial charge in [-0.2, -0.15) is 13.2 Å². The van der Waals surface area contributed by atoms with Gasteiger partial charge in [-0.05, 0) is 92.6 Å². The average Bonchev–Trinajstić information content (AvgIpc) is 2.79. The van der Waals surface area contributed by atoms with Gasteiger partial charge in [0, 0.05) is 22.9 Å². The van der Waals surface area contributed by atoms with Crippen molar-refractivity contribution in [1.82, 2.24) is 0 Å². The Bertz CT molecular complexity index is 1300. The zero-order valence-corrected chi connectivity index (χ0v) is 21.4. The Balaban J connectivity index is 1.94. The maximum Gasteiger partial charge on any atom is 0.399 e. The number of halogens is 3. The summed E-state index contributed by atoms with van der Waals surface area (Å²) in [6.45, 7) is 10.6. The van der Waals surface area contributed by atoms with E-state index in [9.17, 15) is 18.0 Å². The Morgan fingerprint density at radius 3 is 1.78 bits per heavy atom. The summed E-state index contributed by atoms with van der Waals surface area (Å²) in [5, 5.41) is 2.87. The quantitative estimate of drug-likeness (QED) is 0.285. The normalized spacial score (nSPS) is 12.9. The molecule has 3 aromatic carbocycles. The summed E-state index contributed by atoms with van der Waals surface area (Å²) >= 11 is 0. The third kappa shape index (κ3) is 5.73. The molecule has 3 nitrogen and oxygen atoms in total. The van der Waals surface area contributed by atoms with Gasteiger partial charge in [-0.15, -0.1) is 5.92 Å². The van der Waals surface area contributed by atoms with Crippen molar-refractivity contribution in [3.8, 4) is 11.8 Å². The van der Waals surface area contributed by atoms with Crippen LogP contribution in [0.15, 0.2) is 48.5 Å². The zero-order valence-electron chi connectivity index (χ0n) is 21.4. The highest BCUT2D eigenvalue weighted by molar-refractivity contribution is 6.05. The number of rotatable bonds is 5. The van der Waals surface area contributed by atoms with Crippen molar-refractivity contribution in [3.05, 3.63) is 93.0 Å². The lowest BCUT2D eigenvalue weighted by Crippen LogP contribution is -2.23. The van der Waals surface area contributed by atoms with Crippen LogP contribution in [0.1, 0.15) is 75.0 Å². The van der Waals surface area contributed by atoms with Crippen molar-refractivity contribution < 1.29 is 18.0 Å². The fraction of sp³-hybridized carbons (Fsp3) is 0.300. The van der Waals surface area contributed by atoms with Gasteiger partial charge in [-0.3, -0.25) is 4.79 Å². The fourth-order valence-corrected chi connectivity index (χ4v) is 4.51. The number of benzene rings is 3. The molecule has 0 bridgehead atoms. The Kier molecular flexibility index (Phi) is 7.83. The van der Waals surface area contributed by atoms with Crippen LogP contribution in [-0.4, -0.2) is 12.1 Å². The van der Waals surface area contributed by atoms with Gasteiger partial charge in [0.15, 0.2) is 0 Å². The van der Waals surface area contributed by atoms with Crippen LogP contribution >= 0.6 is 0 Å². The Labute approximate surface area is 210 Å². The molecule has 0 fully saturated rings. The van der Waals surface area contributed by atoms with E-state index in [1.54, 1.807) is 46.8 Å². The van der Waals surface area contributed by atoms with E-state index >= 15 is 0 Å². The van der Waals surface area contributed by atoms with Gasteiger partial charge >= 0.3 is 6.18 Å². The minimum atomic E-state index is -4.50. The molecule has 188 valence electrons. The lowest BCUT2D eigenvalue weighted by molar-refractivity contribution is -0.141. The van der Waals surface area contributed by atoms with Gasteiger partial charge in [0.25, 0.3) is 5.91 Å². The maximum absolute atomic E-state index is 14.3. The van der Waals surface area contributed by atoms with Crippen molar-refractivity contribution in [3.63, 3.8) is 0 Å². The molecule has 0 heterocycles. The van der Waals surface area contributed by atoms with E-state index in [2.05, 4.69) is 17.2 Å². The second-order valence-corrected chi connectivity index (χ2v) is 9.26. The van der Waals surface area contributed by atoms with Gasteiger partial charge in [0.05, 0.1) is 0 Å². The van der Waals surface area contributed by atoms with Crippen molar-refractivity contribution >= 4 is 17.3 Å². The summed E-state index contributed by atoms with van der Waals surface area (Å²) in [6, 6.07) is 13.2. The summed E-state index contributed by atoms with van der Waals surface area (Å²) in [5.41, 5.74) is 11.0. The molecule has 0 saturated heterocycles. The predicted molar refractivity (Wildman–Crippen MR) is 140 cm³/mol. The van der Waals surface area contributed by atoms with Gasteiger partial charge in [-0.1, -0.05) is 42.3 Å². The highest BCUT2D eigenvalue weighted by atomic mass is 19.4. The Hall–Kier alpha value is -3.72. The van der Waals surface area contributed by atoms with Gasteiger partial charge in [-0.25, -0.2) is 0 Å². The number of nitrogen functional groups attached to an aromatic ring is 1. The molecule has 36 heavy (non-hydrogen) atoms. The molecule has 3 rings (SSSR count). The van der Waals surface area contributed by atoms with E-state index in [-0.39, 0.29) is 23.0 Å². The minimum absolute atomic E-state index is 0.0550. The molecule has 3 N–H and O–H groups in total. The van der Waals surface area contributed by atoms with Crippen LogP contribution in [0.25, 0.3) is 0 Å². The van der Waals surface area contributed by atoms with Crippen molar-refractivity contribution in [1.29, 1.82) is 0 Å². The first-order chi connectivity index (χ1) is 16.8. The van der Waals surface area contributed by atoms with Gasteiger partial charge in [0.2, 0.25) is 0 Å². The molecule has 1 amide bonds. The highest BCUT2D eigenvalue weighted by Crippen LogP contribution is 2.43. The number of hydrogen-bond donors (Lipinski definition) is 2. The number of hydrogen-bond acceptors (Lipinski definition) is 2. The second-order valence-electron chi connectivity index (χ2n) is 9.26. The molecule has 6 heteroatoms. The molecular weight excluding hydrogens is 461 g/mol. The maximum atomic E-state index is 14.3. The van der Waals surface area contributed by atoms with E-state index in [0.717, 1.165) is 5.56 Å². The molecule has 0 aliphatic carbocycles. The smallest absolute Gasteiger partial charge is 0.398 e. The number of alkyl halides is 3. The molecule has 3 aromatic rings. The third-order valence-corrected chi connectivity index (χ3v) is 6.44. The zero-order chi connectivity index (χ0) is 26.8. The summed E-state index contributed by atoms with van der Waals surface area (Å²) in [5.74, 6) is 3.88. The van der Waals surface area contributed by atoms with E-state index in [1.165, 1.54) is 24.3 Å². The Morgan fingerprint density at radius 1 is 0.861 bits per heavy atom. The van der Waals surface area contributed by atoms with Crippen LogP contribution in [0.2, 0.25) is 0 Å².